The Kier molecular flexibility index (Phi) is 5.20. The lowest BCUT2D eigenvalue weighted by Gasteiger charge is -2.05. The van der Waals surface area contributed by atoms with E-state index in [2.05, 4.69) is 24.9 Å². The third-order valence-electron chi connectivity index (χ3n) is 2.09. The zero-order chi connectivity index (χ0) is 11.1. The van der Waals surface area contributed by atoms with E-state index in [4.69, 9.17) is 5.26 Å². The molecule has 15 heavy (non-hydrogen) atoms. The Labute approximate surface area is 95.7 Å². The van der Waals surface area contributed by atoms with Gasteiger partial charge in [0, 0.05) is 11.9 Å². The molecule has 0 aliphatic rings. The number of thioether (sulfide) groups is 1. The van der Waals surface area contributed by atoms with E-state index in [1.807, 2.05) is 23.9 Å². The highest BCUT2D eigenvalue weighted by atomic mass is 32.2. The molecule has 0 N–H and O–H groups in total. The molecule has 0 amide bonds. The van der Waals surface area contributed by atoms with Crippen LogP contribution in [0.25, 0.3) is 0 Å². The second-order valence-electron chi connectivity index (χ2n) is 3.86. The summed E-state index contributed by atoms with van der Waals surface area (Å²) in [6, 6.07) is 5.99. The molecule has 0 aromatic carbocycles. The van der Waals surface area contributed by atoms with Gasteiger partial charge in [-0.1, -0.05) is 19.9 Å². The molecule has 0 atom stereocenters. The van der Waals surface area contributed by atoms with Crippen molar-refractivity contribution in [3.63, 3.8) is 0 Å². The minimum absolute atomic E-state index is 0.564. The van der Waals surface area contributed by atoms with Gasteiger partial charge < -0.3 is 0 Å². The van der Waals surface area contributed by atoms with Crippen molar-refractivity contribution in [3.05, 3.63) is 29.6 Å². The molecule has 1 heterocycles. The highest BCUT2D eigenvalue weighted by molar-refractivity contribution is 7.98. The van der Waals surface area contributed by atoms with Crippen LogP contribution in [-0.4, -0.2) is 10.7 Å². The highest BCUT2D eigenvalue weighted by Crippen LogP contribution is 2.16. The molecule has 0 unspecified atom stereocenters. The van der Waals surface area contributed by atoms with E-state index in [0.717, 1.165) is 23.0 Å². The number of pyridine rings is 1. The van der Waals surface area contributed by atoms with E-state index in [-0.39, 0.29) is 0 Å². The Morgan fingerprint density at radius 3 is 3.00 bits per heavy atom. The van der Waals surface area contributed by atoms with Crippen molar-refractivity contribution in [3.8, 4) is 6.07 Å². The molecule has 0 aliphatic heterocycles. The van der Waals surface area contributed by atoms with Crippen molar-refractivity contribution in [1.29, 1.82) is 5.26 Å². The average molecular weight is 220 g/mol. The van der Waals surface area contributed by atoms with Gasteiger partial charge in [0.05, 0.1) is 0 Å². The second-order valence-corrected chi connectivity index (χ2v) is 4.96. The van der Waals surface area contributed by atoms with E-state index >= 15 is 0 Å². The molecule has 1 rings (SSSR count). The maximum Gasteiger partial charge on any atom is 0.144 e. The fraction of sp³-hybridized carbons (Fsp3) is 0.500. The van der Waals surface area contributed by atoms with Crippen molar-refractivity contribution in [2.75, 3.05) is 5.75 Å². The van der Waals surface area contributed by atoms with Crippen LogP contribution in [0.3, 0.4) is 0 Å². The van der Waals surface area contributed by atoms with Crippen LogP contribution >= 0.6 is 11.8 Å². The lowest BCUT2D eigenvalue weighted by atomic mass is 10.2. The maximum absolute atomic E-state index is 8.84. The molecule has 0 radical (unpaired) electrons. The van der Waals surface area contributed by atoms with Crippen LogP contribution in [0.5, 0.6) is 0 Å². The van der Waals surface area contributed by atoms with Gasteiger partial charge in [-0.15, -0.1) is 0 Å². The number of aromatic nitrogens is 1. The lowest BCUT2D eigenvalue weighted by molar-refractivity contribution is 0.632. The Bertz CT molecular complexity index is 342. The van der Waals surface area contributed by atoms with Crippen LogP contribution < -0.4 is 0 Å². The molecule has 0 saturated heterocycles. The molecule has 1 aromatic rings. The fourth-order valence-corrected chi connectivity index (χ4v) is 2.39. The van der Waals surface area contributed by atoms with Crippen LogP contribution in [0.1, 0.15) is 31.5 Å². The van der Waals surface area contributed by atoms with Crippen molar-refractivity contribution in [2.45, 2.75) is 26.0 Å². The van der Waals surface area contributed by atoms with Gasteiger partial charge in [-0.2, -0.15) is 17.0 Å². The van der Waals surface area contributed by atoms with Crippen LogP contribution in [0.2, 0.25) is 0 Å². The van der Waals surface area contributed by atoms with E-state index in [0.29, 0.717) is 5.69 Å². The minimum Gasteiger partial charge on any atom is -0.245 e. The first-order chi connectivity index (χ1) is 7.24. The summed E-state index contributed by atoms with van der Waals surface area (Å²) in [6.45, 7) is 4.46. The quantitative estimate of drug-likeness (QED) is 0.715. The first-order valence-electron chi connectivity index (χ1n) is 5.15. The van der Waals surface area contributed by atoms with E-state index < -0.39 is 0 Å². The molecular weight excluding hydrogens is 204 g/mol. The van der Waals surface area contributed by atoms with Crippen molar-refractivity contribution < 1.29 is 0 Å². The normalized spacial score (nSPS) is 10.3. The molecule has 0 spiro atoms. The third kappa shape index (κ3) is 4.35. The fourth-order valence-electron chi connectivity index (χ4n) is 1.16. The summed E-state index contributed by atoms with van der Waals surface area (Å²) in [7, 11) is 0. The topological polar surface area (TPSA) is 36.7 Å². The van der Waals surface area contributed by atoms with Gasteiger partial charge in [-0.25, -0.2) is 4.98 Å². The average Bonchev–Trinajstić information content (AvgIpc) is 2.24. The molecule has 0 aliphatic carbocycles. The Morgan fingerprint density at radius 1 is 1.53 bits per heavy atom. The van der Waals surface area contributed by atoms with Gasteiger partial charge >= 0.3 is 0 Å². The zero-order valence-corrected chi connectivity index (χ0v) is 10.0. The summed E-state index contributed by atoms with van der Waals surface area (Å²) in [6.07, 6.45) is 2.90. The van der Waals surface area contributed by atoms with Crippen LogP contribution in [-0.2, 0) is 5.75 Å². The van der Waals surface area contributed by atoms with Crippen molar-refractivity contribution in [2.24, 2.45) is 5.92 Å². The summed E-state index contributed by atoms with van der Waals surface area (Å²) in [5.74, 6) is 2.79. The molecule has 0 fully saturated rings. The number of nitrogens with zero attached hydrogens (tertiary/aromatic N) is 2. The van der Waals surface area contributed by atoms with E-state index in [1.165, 1.54) is 6.42 Å². The molecule has 0 saturated carbocycles. The largest absolute Gasteiger partial charge is 0.245 e. The number of rotatable bonds is 5. The summed E-state index contributed by atoms with van der Waals surface area (Å²) >= 11 is 1.87. The molecule has 2 nitrogen and oxygen atoms in total. The first-order valence-corrected chi connectivity index (χ1v) is 6.31. The number of nitriles is 1. The highest BCUT2D eigenvalue weighted by Gasteiger charge is 2.02. The molecule has 3 heteroatoms. The van der Waals surface area contributed by atoms with Gasteiger partial charge in [0.15, 0.2) is 0 Å². The summed E-state index contributed by atoms with van der Waals surface area (Å²) in [4.78, 5) is 4.04. The summed E-state index contributed by atoms with van der Waals surface area (Å²) < 4.78 is 0. The first kappa shape index (κ1) is 12.1. The van der Waals surface area contributed by atoms with E-state index in [1.54, 1.807) is 6.20 Å². The Morgan fingerprint density at radius 2 is 2.33 bits per heavy atom. The van der Waals surface area contributed by atoms with Crippen molar-refractivity contribution >= 4 is 11.8 Å². The minimum atomic E-state index is 0.564. The molecule has 1 aromatic heterocycles. The smallest absolute Gasteiger partial charge is 0.144 e. The van der Waals surface area contributed by atoms with Gasteiger partial charge in [0.1, 0.15) is 11.8 Å². The second kappa shape index (κ2) is 6.47. The van der Waals surface area contributed by atoms with Crippen LogP contribution in [0.4, 0.5) is 0 Å². The van der Waals surface area contributed by atoms with E-state index in [9.17, 15) is 0 Å². The summed E-state index contributed by atoms with van der Waals surface area (Å²) in [5.41, 5.74) is 1.61. The Hall–Kier alpha value is -1.01. The number of hydrogen-bond acceptors (Lipinski definition) is 3. The maximum atomic E-state index is 8.84. The predicted octanol–water partition coefficient (Wildman–Crippen LogP) is 3.23. The standard InChI is InChI=1S/C12H16N2S/c1-10(2)5-7-15-9-11-4-3-6-14-12(11)8-13/h3-4,6,10H,5,7,9H2,1-2H3. The van der Waals surface area contributed by atoms with Gasteiger partial charge in [0.25, 0.3) is 0 Å². The monoisotopic (exact) mass is 220 g/mol. The van der Waals surface area contributed by atoms with Gasteiger partial charge in [-0.3, -0.25) is 0 Å². The predicted molar refractivity (Wildman–Crippen MR) is 64.6 cm³/mol. The summed E-state index contributed by atoms with van der Waals surface area (Å²) in [5, 5.41) is 8.84. The number of hydrogen-bond donors (Lipinski definition) is 0. The van der Waals surface area contributed by atoms with Gasteiger partial charge in [-0.05, 0) is 29.7 Å². The van der Waals surface area contributed by atoms with Crippen LogP contribution in [0, 0.1) is 17.2 Å². The van der Waals surface area contributed by atoms with Gasteiger partial charge in [0.2, 0.25) is 0 Å². The molecule has 80 valence electrons. The lowest BCUT2D eigenvalue weighted by Crippen LogP contribution is -1.93. The molecule has 0 bridgehead atoms. The Balaban J connectivity index is 2.41. The van der Waals surface area contributed by atoms with Crippen molar-refractivity contribution in [1.82, 2.24) is 4.98 Å². The SMILES string of the molecule is CC(C)CCSCc1cccnc1C#N. The van der Waals surface area contributed by atoms with Crippen LogP contribution in [0.15, 0.2) is 18.3 Å². The third-order valence-corrected chi connectivity index (χ3v) is 3.13. The zero-order valence-electron chi connectivity index (χ0n) is 9.23. The molecular formula is C12H16N2S.